The van der Waals surface area contributed by atoms with Gasteiger partial charge in [-0.2, -0.15) is 0 Å². The van der Waals surface area contributed by atoms with Crippen molar-refractivity contribution in [3.8, 4) is 0 Å². The molecule has 6 nitrogen and oxygen atoms in total. The van der Waals surface area contributed by atoms with Gasteiger partial charge in [0.1, 0.15) is 0 Å². The topological polar surface area (TPSA) is 84.5 Å². The van der Waals surface area contributed by atoms with E-state index < -0.39 is 18.4 Å². The van der Waals surface area contributed by atoms with Gasteiger partial charge in [-0.15, -0.1) is 0 Å². The zero-order valence-electron chi connectivity index (χ0n) is 13.8. The molecule has 0 aliphatic heterocycles. The van der Waals surface area contributed by atoms with Crippen LogP contribution >= 0.6 is 11.6 Å². The standard InChI is InChI=1S/C18H21ClN2O4/c19-15-4-2-1-3-14(15)18(24)21-20-16(22)10-25-17(23)9-13-8-11-5-6-12(13)7-11/h1-4,11-13H,5-10H2,(H,20,22)(H,21,24). The highest BCUT2D eigenvalue weighted by molar-refractivity contribution is 6.33. The molecule has 2 aliphatic rings. The van der Waals surface area contributed by atoms with Gasteiger partial charge in [0.2, 0.25) is 0 Å². The normalized spacial score (nSPS) is 24.0. The Bertz CT molecular complexity index is 679. The summed E-state index contributed by atoms with van der Waals surface area (Å²) < 4.78 is 5.01. The van der Waals surface area contributed by atoms with E-state index in [1.165, 1.54) is 19.3 Å². The number of rotatable bonds is 5. The second kappa shape index (κ2) is 7.87. The van der Waals surface area contributed by atoms with E-state index in [1.807, 2.05) is 0 Å². The third-order valence-electron chi connectivity index (χ3n) is 5.11. The monoisotopic (exact) mass is 364 g/mol. The van der Waals surface area contributed by atoms with Gasteiger partial charge in [-0.3, -0.25) is 25.2 Å². The Morgan fingerprint density at radius 2 is 1.92 bits per heavy atom. The molecule has 2 amide bonds. The summed E-state index contributed by atoms with van der Waals surface area (Å²) in [4.78, 5) is 35.5. The Balaban J connectivity index is 1.36. The van der Waals surface area contributed by atoms with Gasteiger partial charge in [0.25, 0.3) is 11.8 Å². The van der Waals surface area contributed by atoms with E-state index >= 15 is 0 Å². The fourth-order valence-corrected chi connectivity index (χ4v) is 4.14. The highest BCUT2D eigenvalue weighted by atomic mass is 35.5. The van der Waals surface area contributed by atoms with Gasteiger partial charge >= 0.3 is 5.97 Å². The molecule has 134 valence electrons. The number of fused-ring (bicyclic) bond motifs is 2. The minimum Gasteiger partial charge on any atom is -0.455 e. The van der Waals surface area contributed by atoms with Crippen LogP contribution in [0.25, 0.3) is 0 Å². The average Bonchev–Trinajstić information content (AvgIpc) is 3.21. The molecule has 25 heavy (non-hydrogen) atoms. The highest BCUT2D eigenvalue weighted by Crippen LogP contribution is 2.49. The van der Waals surface area contributed by atoms with Crippen LogP contribution < -0.4 is 10.9 Å². The summed E-state index contributed by atoms with van der Waals surface area (Å²) in [7, 11) is 0. The molecule has 2 saturated carbocycles. The molecule has 2 aliphatic carbocycles. The summed E-state index contributed by atoms with van der Waals surface area (Å²) in [5, 5.41) is 0.284. The number of carbonyl (C=O) groups is 3. The maximum absolute atomic E-state index is 11.9. The van der Waals surface area contributed by atoms with Gasteiger partial charge in [-0.25, -0.2) is 0 Å². The van der Waals surface area contributed by atoms with Crippen LogP contribution in [0.1, 0.15) is 42.5 Å². The lowest BCUT2D eigenvalue weighted by Gasteiger charge is -2.20. The molecule has 7 heteroatoms. The maximum atomic E-state index is 11.9. The van der Waals surface area contributed by atoms with E-state index in [0.717, 1.165) is 12.3 Å². The quantitative estimate of drug-likeness (QED) is 0.621. The molecule has 0 spiro atoms. The molecule has 2 N–H and O–H groups in total. The van der Waals surface area contributed by atoms with Crippen molar-refractivity contribution < 1.29 is 19.1 Å². The Hall–Kier alpha value is -2.08. The van der Waals surface area contributed by atoms with E-state index in [-0.39, 0.29) is 16.6 Å². The molecule has 3 rings (SSSR count). The van der Waals surface area contributed by atoms with Crippen LogP contribution in [-0.4, -0.2) is 24.4 Å². The zero-order valence-corrected chi connectivity index (χ0v) is 14.6. The van der Waals surface area contributed by atoms with Crippen LogP contribution in [0, 0.1) is 17.8 Å². The molecule has 0 heterocycles. The Kier molecular flexibility index (Phi) is 5.58. The molecule has 2 fully saturated rings. The predicted octanol–water partition coefficient (Wildman–Crippen LogP) is 2.47. The lowest BCUT2D eigenvalue weighted by Crippen LogP contribution is -2.43. The summed E-state index contributed by atoms with van der Waals surface area (Å²) in [5.74, 6) is 0.320. The molecule has 3 atom stereocenters. The van der Waals surface area contributed by atoms with Crippen LogP contribution in [0.4, 0.5) is 0 Å². The number of nitrogens with one attached hydrogen (secondary N) is 2. The van der Waals surface area contributed by atoms with Crippen molar-refractivity contribution in [2.24, 2.45) is 17.8 Å². The summed E-state index contributed by atoms with van der Waals surface area (Å²) in [6.45, 7) is -0.414. The summed E-state index contributed by atoms with van der Waals surface area (Å²) in [5.41, 5.74) is 4.70. The smallest absolute Gasteiger partial charge is 0.306 e. The first-order chi connectivity index (χ1) is 12.0. The van der Waals surface area contributed by atoms with Crippen LogP contribution in [-0.2, 0) is 14.3 Å². The van der Waals surface area contributed by atoms with Crippen molar-refractivity contribution >= 4 is 29.4 Å². The number of amides is 2. The second-order valence-corrected chi connectivity index (χ2v) is 7.19. The number of hydrogen-bond donors (Lipinski definition) is 2. The van der Waals surface area contributed by atoms with E-state index in [4.69, 9.17) is 16.3 Å². The number of benzene rings is 1. The fraction of sp³-hybridized carbons (Fsp3) is 0.500. The van der Waals surface area contributed by atoms with Gasteiger partial charge in [-0.05, 0) is 49.1 Å². The lowest BCUT2D eigenvalue weighted by atomic mass is 9.86. The Labute approximate surface area is 151 Å². The summed E-state index contributed by atoms with van der Waals surface area (Å²) >= 11 is 5.90. The summed E-state index contributed by atoms with van der Waals surface area (Å²) in [6, 6.07) is 6.49. The molecule has 0 radical (unpaired) electrons. The van der Waals surface area contributed by atoms with Crippen molar-refractivity contribution in [1.82, 2.24) is 10.9 Å². The van der Waals surface area contributed by atoms with Crippen molar-refractivity contribution in [3.05, 3.63) is 34.9 Å². The Morgan fingerprint density at radius 3 is 2.60 bits per heavy atom. The highest BCUT2D eigenvalue weighted by Gasteiger charge is 2.40. The molecule has 0 saturated heterocycles. The van der Waals surface area contributed by atoms with Gasteiger partial charge in [0, 0.05) is 6.42 Å². The van der Waals surface area contributed by atoms with Crippen molar-refractivity contribution in [1.29, 1.82) is 0 Å². The molecule has 0 aromatic heterocycles. The molecular formula is C18H21ClN2O4. The van der Waals surface area contributed by atoms with E-state index in [9.17, 15) is 14.4 Å². The first-order valence-corrected chi connectivity index (χ1v) is 8.90. The number of hydrazine groups is 1. The fourth-order valence-electron chi connectivity index (χ4n) is 3.92. The number of esters is 1. The van der Waals surface area contributed by atoms with Crippen molar-refractivity contribution in [3.63, 3.8) is 0 Å². The minimum atomic E-state index is -0.596. The van der Waals surface area contributed by atoms with Gasteiger partial charge in [-0.1, -0.05) is 30.2 Å². The Morgan fingerprint density at radius 1 is 1.12 bits per heavy atom. The maximum Gasteiger partial charge on any atom is 0.306 e. The van der Waals surface area contributed by atoms with Crippen molar-refractivity contribution in [2.75, 3.05) is 6.61 Å². The molecular weight excluding hydrogens is 344 g/mol. The predicted molar refractivity (Wildman–Crippen MR) is 91.6 cm³/mol. The van der Waals surface area contributed by atoms with Crippen molar-refractivity contribution in [2.45, 2.75) is 32.1 Å². The summed E-state index contributed by atoms with van der Waals surface area (Å²) in [6.07, 6.45) is 5.19. The van der Waals surface area contributed by atoms with Gasteiger partial charge < -0.3 is 4.74 Å². The first kappa shape index (κ1) is 17.7. The first-order valence-electron chi connectivity index (χ1n) is 8.52. The molecule has 3 unspecified atom stereocenters. The van der Waals surface area contributed by atoms with Crippen LogP contribution in [0.5, 0.6) is 0 Å². The van der Waals surface area contributed by atoms with E-state index in [2.05, 4.69) is 10.9 Å². The average molecular weight is 365 g/mol. The van der Waals surface area contributed by atoms with Crippen LogP contribution in [0.15, 0.2) is 24.3 Å². The van der Waals surface area contributed by atoms with Gasteiger partial charge in [0.05, 0.1) is 10.6 Å². The third-order valence-corrected chi connectivity index (χ3v) is 5.44. The molecule has 2 bridgehead atoms. The van der Waals surface area contributed by atoms with Gasteiger partial charge in [0.15, 0.2) is 6.61 Å². The third kappa shape index (κ3) is 4.51. The van der Waals surface area contributed by atoms with E-state index in [0.29, 0.717) is 18.3 Å². The number of ether oxygens (including phenoxy) is 1. The molecule has 1 aromatic carbocycles. The molecule has 1 aromatic rings. The number of halogens is 1. The minimum absolute atomic E-state index is 0.248. The largest absolute Gasteiger partial charge is 0.455 e. The zero-order chi connectivity index (χ0) is 17.8. The second-order valence-electron chi connectivity index (χ2n) is 6.78. The number of carbonyl (C=O) groups excluding carboxylic acids is 3. The van der Waals surface area contributed by atoms with Crippen LogP contribution in [0.3, 0.4) is 0 Å². The van der Waals surface area contributed by atoms with E-state index in [1.54, 1.807) is 24.3 Å². The number of hydrogen-bond acceptors (Lipinski definition) is 4. The SMILES string of the molecule is O=C(COC(=O)CC1CC2CCC1C2)NNC(=O)c1ccccc1Cl. The van der Waals surface area contributed by atoms with Crippen LogP contribution in [0.2, 0.25) is 5.02 Å². The lowest BCUT2D eigenvalue weighted by molar-refractivity contribution is -0.150.